The van der Waals surface area contributed by atoms with Crippen molar-refractivity contribution in [3.63, 3.8) is 0 Å². The van der Waals surface area contributed by atoms with Gasteiger partial charge in [-0.1, -0.05) is 12.1 Å². The fourth-order valence-electron chi connectivity index (χ4n) is 2.25. The molecule has 1 heterocycles. The summed E-state index contributed by atoms with van der Waals surface area (Å²) in [6, 6.07) is 14.7. The Balaban J connectivity index is 1.95. The zero-order valence-electron chi connectivity index (χ0n) is 12.8. The Labute approximate surface area is 138 Å². The van der Waals surface area contributed by atoms with Gasteiger partial charge in [0.05, 0.1) is 19.7 Å². The van der Waals surface area contributed by atoms with E-state index in [1.165, 1.54) is 11.8 Å². The van der Waals surface area contributed by atoms with Crippen LogP contribution in [0.25, 0.3) is 10.9 Å². The van der Waals surface area contributed by atoms with Crippen molar-refractivity contribution < 1.29 is 14.3 Å². The van der Waals surface area contributed by atoms with Crippen LogP contribution in [0.2, 0.25) is 0 Å². The summed E-state index contributed by atoms with van der Waals surface area (Å²) in [5.74, 6) is 1.18. The summed E-state index contributed by atoms with van der Waals surface area (Å²) in [4.78, 5) is 17.8. The van der Waals surface area contributed by atoms with Crippen LogP contribution in [0.15, 0.2) is 59.6 Å². The molecule has 0 aliphatic rings. The highest BCUT2D eigenvalue weighted by atomic mass is 32.2. The Hall–Kier alpha value is -2.53. The van der Waals surface area contributed by atoms with Crippen LogP contribution in [0.4, 0.5) is 0 Å². The average Bonchev–Trinajstić information content (AvgIpc) is 2.61. The maximum absolute atomic E-state index is 12.6. The van der Waals surface area contributed by atoms with Crippen LogP contribution < -0.4 is 9.47 Å². The minimum atomic E-state index is -0.0708. The number of rotatable bonds is 4. The highest BCUT2D eigenvalue weighted by Gasteiger charge is 2.13. The SMILES string of the molecule is COc1cc(OC)cc(C(=O)Sc2cccc3ncccc23)c1. The van der Waals surface area contributed by atoms with Crippen molar-refractivity contribution in [3.8, 4) is 11.5 Å². The van der Waals surface area contributed by atoms with E-state index in [0.717, 1.165) is 15.8 Å². The predicted molar refractivity (Wildman–Crippen MR) is 91.5 cm³/mol. The van der Waals surface area contributed by atoms with Crippen LogP contribution in [0.1, 0.15) is 10.4 Å². The third-order valence-electron chi connectivity index (χ3n) is 3.40. The molecule has 0 saturated carbocycles. The first kappa shape index (κ1) is 15.4. The number of hydrogen-bond acceptors (Lipinski definition) is 5. The summed E-state index contributed by atoms with van der Waals surface area (Å²) in [6.45, 7) is 0. The van der Waals surface area contributed by atoms with Gasteiger partial charge in [0.15, 0.2) is 0 Å². The van der Waals surface area contributed by atoms with Crippen molar-refractivity contribution in [1.29, 1.82) is 0 Å². The molecule has 0 unspecified atom stereocenters. The van der Waals surface area contributed by atoms with Crippen LogP contribution >= 0.6 is 11.8 Å². The van der Waals surface area contributed by atoms with Crippen molar-refractivity contribution in [1.82, 2.24) is 4.98 Å². The first-order chi connectivity index (χ1) is 11.2. The lowest BCUT2D eigenvalue weighted by molar-refractivity contribution is 0.108. The monoisotopic (exact) mass is 325 g/mol. The summed E-state index contributed by atoms with van der Waals surface area (Å²) < 4.78 is 10.4. The number of thioether (sulfide) groups is 1. The Morgan fingerprint density at radius 3 is 2.43 bits per heavy atom. The third-order valence-corrected chi connectivity index (χ3v) is 4.39. The largest absolute Gasteiger partial charge is 0.497 e. The molecule has 5 heteroatoms. The molecular formula is C18H15NO3S. The van der Waals surface area contributed by atoms with Crippen molar-refractivity contribution in [2.75, 3.05) is 14.2 Å². The van der Waals surface area contributed by atoms with Gasteiger partial charge < -0.3 is 9.47 Å². The quantitative estimate of drug-likeness (QED) is 0.673. The summed E-state index contributed by atoms with van der Waals surface area (Å²) in [6.07, 6.45) is 1.74. The fourth-order valence-corrected chi connectivity index (χ4v) is 3.11. The number of hydrogen-bond donors (Lipinski definition) is 0. The van der Waals surface area contributed by atoms with Gasteiger partial charge in [-0.15, -0.1) is 0 Å². The van der Waals surface area contributed by atoms with Gasteiger partial charge in [-0.05, 0) is 42.1 Å². The van der Waals surface area contributed by atoms with Crippen molar-refractivity contribution in [2.45, 2.75) is 4.90 Å². The second kappa shape index (κ2) is 6.71. The molecule has 0 aliphatic carbocycles. The summed E-state index contributed by atoms with van der Waals surface area (Å²) in [5, 5.41) is 0.891. The van der Waals surface area contributed by atoms with Crippen molar-refractivity contribution in [2.24, 2.45) is 0 Å². The van der Waals surface area contributed by atoms with Crippen LogP contribution in [0.3, 0.4) is 0 Å². The number of pyridine rings is 1. The molecule has 2 aromatic carbocycles. The van der Waals surface area contributed by atoms with Crippen molar-refractivity contribution in [3.05, 3.63) is 60.3 Å². The third kappa shape index (κ3) is 3.29. The molecule has 0 saturated heterocycles. The number of nitrogens with zero attached hydrogens (tertiary/aromatic N) is 1. The number of methoxy groups -OCH3 is 2. The fraction of sp³-hybridized carbons (Fsp3) is 0.111. The standard InChI is InChI=1S/C18H15NO3S/c1-21-13-9-12(10-14(11-13)22-2)18(20)23-17-7-3-6-16-15(17)5-4-8-19-16/h3-11H,1-2H3. The van der Waals surface area contributed by atoms with E-state index >= 15 is 0 Å². The zero-order valence-corrected chi connectivity index (χ0v) is 13.6. The molecule has 0 N–H and O–H groups in total. The molecule has 0 aliphatic heterocycles. The van der Waals surface area contributed by atoms with E-state index in [9.17, 15) is 4.79 Å². The number of fused-ring (bicyclic) bond motifs is 1. The minimum absolute atomic E-state index is 0.0708. The van der Waals surface area contributed by atoms with E-state index in [1.807, 2.05) is 30.3 Å². The van der Waals surface area contributed by atoms with E-state index in [1.54, 1.807) is 38.6 Å². The number of ether oxygens (including phenoxy) is 2. The molecule has 23 heavy (non-hydrogen) atoms. The summed E-state index contributed by atoms with van der Waals surface area (Å²) in [5.41, 5.74) is 1.40. The first-order valence-corrected chi connectivity index (χ1v) is 7.82. The van der Waals surface area contributed by atoms with E-state index < -0.39 is 0 Å². The Morgan fingerprint density at radius 2 is 1.74 bits per heavy atom. The average molecular weight is 325 g/mol. The topological polar surface area (TPSA) is 48.4 Å². The van der Waals surface area contributed by atoms with E-state index in [0.29, 0.717) is 17.1 Å². The van der Waals surface area contributed by atoms with Gasteiger partial charge in [-0.3, -0.25) is 9.78 Å². The predicted octanol–water partition coefficient (Wildman–Crippen LogP) is 4.18. The number of aromatic nitrogens is 1. The van der Waals surface area contributed by atoms with E-state index in [-0.39, 0.29) is 5.12 Å². The molecule has 0 fully saturated rings. The lowest BCUT2D eigenvalue weighted by Gasteiger charge is -2.08. The van der Waals surface area contributed by atoms with Crippen LogP contribution in [-0.2, 0) is 0 Å². The van der Waals surface area contributed by atoms with Gasteiger partial charge in [0, 0.05) is 28.1 Å². The second-order valence-corrected chi connectivity index (χ2v) is 5.83. The smallest absolute Gasteiger partial charge is 0.224 e. The highest BCUT2D eigenvalue weighted by Crippen LogP contribution is 2.31. The van der Waals surface area contributed by atoms with Gasteiger partial charge in [-0.2, -0.15) is 0 Å². The molecule has 0 bridgehead atoms. The molecule has 4 nitrogen and oxygen atoms in total. The Morgan fingerprint density at radius 1 is 1.00 bits per heavy atom. The lowest BCUT2D eigenvalue weighted by atomic mass is 10.2. The molecule has 3 rings (SSSR count). The molecule has 0 spiro atoms. The molecule has 0 amide bonds. The summed E-state index contributed by atoms with van der Waals surface area (Å²) >= 11 is 1.17. The maximum Gasteiger partial charge on any atom is 0.224 e. The number of carbonyl (C=O) groups excluding carboxylic acids is 1. The molecule has 1 aromatic heterocycles. The first-order valence-electron chi connectivity index (χ1n) is 7.00. The van der Waals surface area contributed by atoms with Gasteiger partial charge >= 0.3 is 0 Å². The minimum Gasteiger partial charge on any atom is -0.497 e. The molecule has 3 aromatic rings. The van der Waals surface area contributed by atoms with Crippen molar-refractivity contribution >= 4 is 27.8 Å². The van der Waals surface area contributed by atoms with Crippen LogP contribution in [-0.4, -0.2) is 24.3 Å². The second-order valence-electron chi connectivity index (χ2n) is 4.82. The summed E-state index contributed by atoms with van der Waals surface area (Å²) in [7, 11) is 3.12. The maximum atomic E-state index is 12.6. The van der Waals surface area contributed by atoms with Gasteiger partial charge in [0.25, 0.3) is 0 Å². The van der Waals surface area contributed by atoms with Crippen LogP contribution in [0.5, 0.6) is 11.5 Å². The highest BCUT2D eigenvalue weighted by molar-refractivity contribution is 8.14. The van der Waals surface area contributed by atoms with Gasteiger partial charge in [0.1, 0.15) is 11.5 Å². The normalized spacial score (nSPS) is 10.5. The van der Waals surface area contributed by atoms with E-state index in [4.69, 9.17) is 9.47 Å². The molecular weight excluding hydrogens is 310 g/mol. The zero-order chi connectivity index (χ0) is 16.2. The van der Waals surface area contributed by atoms with E-state index in [2.05, 4.69) is 4.98 Å². The Kier molecular flexibility index (Phi) is 4.48. The Bertz CT molecular complexity index is 836. The molecule has 116 valence electrons. The van der Waals surface area contributed by atoms with Crippen LogP contribution in [0, 0.1) is 0 Å². The van der Waals surface area contributed by atoms with Gasteiger partial charge in [0.2, 0.25) is 5.12 Å². The lowest BCUT2D eigenvalue weighted by Crippen LogP contribution is -1.97. The van der Waals surface area contributed by atoms with Gasteiger partial charge in [-0.25, -0.2) is 0 Å². The molecule has 0 atom stereocenters. The number of carbonyl (C=O) groups is 1. The number of benzene rings is 2. The molecule has 0 radical (unpaired) electrons.